The van der Waals surface area contributed by atoms with E-state index in [1.165, 1.54) is 5.56 Å². The SMILES string of the molecule is Cc1c(CC(=O)N2CCC(c3cccc(CNC(=O)OC(C)(C)C)c3)CC2)ccc(B2OC(C)(C)C(C)(C)O2)c1F. The van der Waals surface area contributed by atoms with Gasteiger partial charge in [0.2, 0.25) is 5.91 Å². The van der Waals surface area contributed by atoms with Crippen molar-refractivity contribution in [3.05, 3.63) is 64.5 Å². The molecule has 41 heavy (non-hydrogen) atoms. The lowest BCUT2D eigenvalue weighted by Gasteiger charge is -2.32. The molecule has 2 amide bonds. The average Bonchev–Trinajstić information content (AvgIpc) is 3.11. The highest BCUT2D eigenvalue weighted by atomic mass is 19.1. The maximum absolute atomic E-state index is 15.4. The van der Waals surface area contributed by atoms with Crippen molar-refractivity contribution < 1.29 is 28.0 Å². The lowest BCUT2D eigenvalue weighted by Crippen LogP contribution is -2.41. The van der Waals surface area contributed by atoms with Crippen molar-refractivity contribution in [1.29, 1.82) is 0 Å². The Balaban J connectivity index is 1.32. The van der Waals surface area contributed by atoms with E-state index in [-0.39, 0.29) is 18.1 Å². The Kier molecular flexibility index (Phi) is 8.91. The van der Waals surface area contributed by atoms with Gasteiger partial charge in [0.15, 0.2) is 0 Å². The minimum Gasteiger partial charge on any atom is -0.444 e. The van der Waals surface area contributed by atoms with Crippen LogP contribution in [0, 0.1) is 12.7 Å². The number of benzene rings is 2. The number of nitrogens with zero attached hydrogens (tertiary/aromatic N) is 1. The van der Waals surface area contributed by atoms with Gasteiger partial charge in [0.05, 0.1) is 17.6 Å². The lowest BCUT2D eigenvalue weighted by atomic mass is 9.77. The number of carbonyl (C=O) groups excluding carboxylic acids is 2. The van der Waals surface area contributed by atoms with Gasteiger partial charge >= 0.3 is 13.2 Å². The van der Waals surface area contributed by atoms with Crippen LogP contribution in [0.2, 0.25) is 0 Å². The number of likely N-dealkylation sites (tertiary alicyclic amines) is 1. The first kappa shape index (κ1) is 31.0. The van der Waals surface area contributed by atoms with Crippen molar-refractivity contribution in [2.24, 2.45) is 0 Å². The molecule has 0 unspecified atom stereocenters. The molecule has 0 spiro atoms. The first-order valence-corrected chi connectivity index (χ1v) is 14.5. The Labute approximate surface area is 244 Å². The lowest BCUT2D eigenvalue weighted by molar-refractivity contribution is -0.131. The van der Waals surface area contributed by atoms with Crippen LogP contribution >= 0.6 is 0 Å². The van der Waals surface area contributed by atoms with Gasteiger partial charge in [-0.05, 0) is 96.4 Å². The molecular weight excluding hydrogens is 522 g/mol. The zero-order valence-electron chi connectivity index (χ0n) is 25.7. The molecule has 2 heterocycles. The molecular formula is C32H44BFN2O5. The molecule has 7 nitrogen and oxygen atoms in total. The number of hydrogen-bond donors (Lipinski definition) is 1. The summed E-state index contributed by atoms with van der Waals surface area (Å²) in [7, 11) is -0.783. The minimum atomic E-state index is -0.783. The summed E-state index contributed by atoms with van der Waals surface area (Å²) in [6.45, 7) is 16.7. The van der Waals surface area contributed by atoms with Gasteiger partial charge < -0.3 is 24.3 Å². The van der Waals surface area contributed by atoms with Crippen LogP contribution in [-0.4, -0.2) is 53.9 Å². The topological polar surface area (TPSA) is 77.1 Å². The number of halogens is 1. The second kappa shape index (κ2) is 11.8. The molecule has 0 radical (unpaired) electrons. The Morgan fingerprint density at radius 1 is 1.07 bits per heavy atom. The highest BCUT2D eigenvalue weighted by molar-refractivity contribution is 6.62. The predicted octanol–water partition coefficient (Wildman–Crippen LogP) is 5.41. The third-order valence-corrected chi connectivity index (χ3v) is 8.48. The second-order valence-electron chi connectivity index (χ2n) is 13.3. The highest BCUT2D eigenvalue weighted by Crippen LogP contribution is 2.37. The van der Waals surface area contributed by atoms with Gasteiger partial charge in [0.25, 0.3) is 0 Å². The summed E-state index contributed by atoms with van der Waals surface area (Å²) in [5.41, 5.74) is 2.06. The number of rotatable bonds is 6. The molecule has 0 atom stereocenters. The largest absolute Gasteiger partial charge is 0.497 e. The molecule has 2 fully saturated rings. The zero-order chi connectivity index (χ0) is 30.2. The normalized spacial score (nSPS) is 18.9. The molecule has 0 bridgehead atoms. The van der Waals surface area contributed by atoms with Gasteiger partial charge in [0.1, 0.15) is 11.4 Å². The third-order valence-electron chi connectivity index (χ3n) is 8.48. The molecule has 2 aromatic carbocycles. The molecule has 2 aromatic rings. The van der Waals surface area contributed by atoms with E-state index in [9.17, 15) is 9.59 Å². The van der Waals surface area contributed by atoms with Gasteiger partial charge in [-0.25, -0.2) is 9.18 Å². The fraction of sp³-hybridized carbons (Fsp3) is 0.562. The smallest absolute Gasteiger partial charge is 0.444 e. The molecule has 1 N–H and O–H groups in total. The molecule has 9 heteroatoms. The summed E-state index contributed by atoms with van der Waals surface area (Å²) in [6.07, 6.45) is 1.42. The van der Waals surface area contributed by atoms with Crippen molar-refractivity contribution in [3.63, 3.8) is 0 Å². The third kappa shape index (κ3) is 7.30. The van der Waals surface area contributed by atoms with Crippen LogP contribution < -0.4 is 10.8 Å². The summed E-state index contributed by atoms with van der Waals surface area (Å²) >= 11 is 0. The molecule has 2 aliphatic heterocycles. The van der Waals surface area contributed by atoms with Crippen LogP contribution in [0.3, 0.4) is 0 Å². The minimum absolute atomic E-state index is 0.00430. The first-order chi connectivity index (χ1) is 19.1. The van der Waals surface area contributed by atoms with Crippen molar-refractivity contribution in [2.45, 2.75) is 104 Å². The second-order valence-corrected chi connectivity index (χ2v) is 13.3. The predicted molar refractivity (Wildman–Crippen MR) is 159 cm³/mol. The summed E-state index contributed by atoms with van der Waals surface area (Å²) in [5, 5.41) is 2.81. The standard InChI is InChI=1S/C32H44BFN2O5/c1-21-24(12-13-26(28(21)34)33-40-31(5,6)32(7,8)41-33)19-27(37)36-16-14-23(15-17-36)25-11-9-10-22(18-25)20-35-29(38)39-30(2,3)4/h9-13,18,23H,14-17,19-20H2,1-8H3,(H,35,38). The fourth-order valence-electron chi connectivity index (χ4n) is 5.27. The number of ether oxygens (including phenoxy) is 1. The maximum Gasteiger partial charge on any atom is 0.497 e. The van der Waals surface area contributed by atoms with E-state index in [2.05, 4.69) is 17.4 Å². The van der Waals surface area contributed by atoms with Gasteiger partial charge in [-0.1, -0.05) is 36.4 Å². The molecule has 0 aliphatic carbocycles. The van der Waals surface area contributed by atoms with E-state index in [0.717, 1.165) is 18.4 Å². The molecule has 2 aliphatic rings. The Bertz CT molecular complexity index is 1270. The number of hydrogen-bond acceptors (Lipinski definition) is 5. The number of alkyl carbamates (subject to hydrolysis) is 1. The number of amides is 2. The van der Waals surface area contributed by atoms with E-state index >= 15 is 4.39 Å². The molecule has 4 rings (SSSR count). The van der Waals surface area contributed by atoms with Crippen molar-refractivity contribution in [1.82, 2.24) is 10.2 Å². The van der Waals surface area contributed by atoms with E-state index < -0.39 is 30.0 Å². The number of piperidine rings is 1. The first-order valence-electron chi connectivity index (χ1n) is 14.5. The summed E-state index contributed by atoms with van der Waals surface area (Å²) < 4.78 is 32.8. The Morgan fingerprint density at radius 2 is 1.71 bits per heavy atom. The van der Waals surface area contributed by atoms with Gasteiger partial charge in [-0.15, -0.1) is 0 Å². The van der Waals surface area contributed by atoms with Crippen LogP contribution in [-0.2, 0) is 31.8 Å². The van der Waals surface area contributed by atoms with Crippen molar-refractivity contribution >= 4 is 24.6 Å². The van der Waals surface area contributed by atoms with Gasteiger partial charge in [0, 0.05) is 25.1 Å². The Morgan fingerprint density at radius 3 is 2.32 bits per heavy atom. The number of carbonyl (C=O) groups is 2. The highest BCUT2D eigenvalue weighted by Gasteiger charge is 2.52. The van der Waals surface area contributed by atoms with Crippen LogP contribution in [0.5, 0.6) is 0 Å². The fourth-order valence-corrected chi connectivity index (χ4v) is 5.27. The number of nitrogens with one attached hydrogen (secondary N) is 1. The quantitative estimate of drug-likeness (QED) is 0.474. The molecule has 222 valence electrons. The van der Waals surface area contributed by atoms with Crippen LogP contribution in [0.25, 0.3) is 0 Å². The van der Waals surface area contributed by atoms with Crippen LogP contribution in [0.15, 0.2) is 36.4 Å². The van der Waals surface area contributed by atoms with Gasteiger partial charge in [-0.2, -0.15) is 0 Å². The monoisotopic (exact) mass is 566 g/mol. The molecule has 0 saturated carbocycles. The van der Waals surface area contributed by atoms with E-state index in [0.29, 0.717) is 42.1 Å². The zero-order valence-corrected chi connectivity index (χ0v) is 25.7. The van der Waals surface area contributed by atoms with E-state index in [1.54, 1.807) is 13.0 Å². The van der Waals surface area contributed by atoms with Crippen LogP contribution in [0.1, 0.15) is 89.5 Å². The summed E-state index contributed by atoms with van der Waals surface area (Å²) in [6, 6.07) is 11.7. The Hall–Kier alpha value is -2.91. The molecule has 2 saturated heterocycles. The van der Waals surface area contributed by atoms with Crippen molar-refractivity contribution in [2.75, 3.05) is 13.1 Å². The molecule has 0 aromatic heterocycles. The van der Waals surface area contributed by atoms with E-state index in [4.69, 9.17) is 14.0 Å². The maximum atomic E-state index is 15.4. The van der Waals surface area contributed by atoms with Crippen molar-refractivity contribution in [3.8, 4) is 0 Å². The average molecular weight is 567 g/mol. The van der Waals surface area contributed by atoms with E-state index in [1.807, 2.05) is 71.6 Å². The van der Waals surface area contributed by atoms with Crippen LogP contribution in [0.4, 0.5) is 9.18 Å². The summed E-state index contributed by atoms with van der Waals surface area (Å²) in [4.78, 5) is 27.1. The van der Waals surface area contributed by atoms with Gasteiger partial charge in [-0.3, -0.25) is 4.79 Å². The summed E-state index contributed by atoms with van der Waals surface area (Å²) in [5.74, 6) is -0.0444.